The van der Waals surface area contributed by atoms with E-state index in [0.717, 1.165) is 11.1 Å². The molecule has 2 rings (SSSR count). The van der Waals surface area contributed by atoms with Crippen LogP contribution in [0, 0.1) is 0 Å². The summed E-state index contributed by atoms with van der Waals surface area (Å²) in [5, 5.41) is 1.62. The molecule has 0 spiro atoms. The van der Waals surface area contributed by atoms with Gasteiger partial charge in [0.05, 0.1) is 4.90 Å². The van der Waals surface area contributed by atoms with Gasteiger partial charge in [0.1, 0.15) is 0 Å². The molecule has 0 unspecified atom stereocenters. The lowest BCUT2D eigenvalue weighted by atomic mass is 10.1. The van der Waals surface area contributed by atoms with Crippen LogP contribution in [0.3, 0.4) is 0 Å². The molecule has 0 aliphatic heterocycles. The fourth-order valence-electron chi connectivity index (χ4n) is 2.09. The van der Waals surface area contributed by atoms with Crippen molar-refractivity contribution in [2.24, 2.45) is 0 Å². The highest BCUT2D eigenvalue weighted by molar-refractivity contribution is 8.79. The minimum Gasteiger partial charge on any atom is -0.377 e. The second kappa shape index (κ2) is 6.44. The van der Waals surface area contributed by atoms with Crippen molar-refractivity contribution in [1.82, 2.24) is 4.90 Å². The van der Waals surface area contributed by atoms with Crippen molar-refractivity contribution in [3.63, 3.8) is 0 Å². The molecule has 0 bridgehead atoms. The standard InChI is InChI=1S/C15H18N2O2S3/c1-16(2)13-9-5-8-12-11(13)7-6-10-14(12)22(18,19)21-15(20)17(3)4/h5-10H,1-4H3. The Morgan fingerprint density at radius 3 is 2.18 bits per heavy atom. The zero-order valence-electron chi connectivity index (χ0n) is 12.9. The van der Waals surface area contributed by atoms with E-state index in [-0.39, 0.29) is 0 Å². The molecule has 0 radical (unpaired) electrons. The van der Waals surface area contributed by atoms with Gasteiger partial charge in [-0.1, -0.05) is 36.5 Å². The second-order valence-corrected chi connectivity index (χ2v) is 9.58. The van der Waals surface area contributed by atoms with Crippen LogP contribution in [0.2, 0.25) is 0 Å². The molecule has 7 heteroatoms. The average molecular weight is 355 g/mol. The number of anilines is 1. The Morgan fingerprint density at radius 1 is 1.00 bits per heavy atom. The molecule has 0 amide bonds. The van der Waals surface area contributed by atoms with Crippen LogP contribution in [-0.2, 0) is 8.87 Å². The molecule has 2 aromatic carbocycles. The molecule has 0 aromatic heterocycles. The lowest BCUT2D eigenvalue weighted by Gasteiger charge is -2.17. The van der Waals surface area contributed by atoms with E-state index in [4.69, 9.17) is 12.2 Å². The van der Waals surface area contributed by atoms with Crippen molar-refractivity contribution >= 4 is 52.7 Å². The van der Waals surface area contributed by atoms with Crippen molar-refractivity contribution in [3.05, 3.63) is 36.4 Å². The van der Waals surface area contributed by atoms with Gasteiger partial charge < -0.3 is 9.80 Å². The quantitative estimate of drug-likeness (QED) is 0.623. The molecule has 2 aromatic rings. The van der Waals surface area contributed by atoms with Gasteiger partial charge in [-0.3, -0.25) is 0 Å². The Balaban J connectivity index is 2.62. The van der Waals surface area contributed by atoms with Gasteiger partial charge in [0.2, 0.25) is 8.87 Å². The Hall–Kier alpha value is -1.31. The second-order valence-electron chi connectivity index (χ2n) is 5.22. The highest BCUT2D eigenvalue weighted by Crippen LogP contribution is 2.34. The average Bonchev–Trinajstić information content (AvgIpc) is 2.45. The zero-order valence-corrected chi connectivity index (χ0v) is 15.3. The first-order chi connectivity index (χ1) is 10.2. The molecular formula is C15H18N2O2S3. The minimum absolute atomic E-state index is 0.294. The van der Waals surface area contributed by atoms with E-state index in [1.165, 1.54) is 0 Å². The fraction of sp³-hybridized carbons (Fsp3) is 0.267. The molecule has 0 atom stereocenters. The Labute approximate surface area is 140 Å². The van der Waals surface area contributed by atoms with Crippen molar-refractivity contribution in [1.29, 1.82) is 0 Å². The lowest BCUT2D eigenvalue weighted by Crippen LogP contribution is -2.18. The summed E-state index contributed by atoms with van der Waals surface area (Å²) in [6.45, 7) is 0. The summed E-state index contributed by atoms with van der Waals surface area (Å²) in [5.74, 6) is 0. The fourth-order valence-corrected chi connectivity index (χ4v) is 5.73. The monoisotopic (exact) mass is 354 g/mol. The summed E-state index contributed by atoms with van der Waals surface area (Å²) in [6.07, 6.45) is 0. The van der Waals surface area contributed by atoms with Crippen LogP contribution in [0.25, 0.3) is 10.8 Å². The van der Waals surface area contributed by atoms with Gasteiger partial charge in [-0.05, 0) is 12.1 Å². The first-order valence-corrected chi connectivity index (χ1v) is 9.81. The Kier molecular flexibility index (Phi) is 4.99. The first kappa shape index (κ1) is 17.1. The predicted octanol–water partition coefficient (Wildman–Crippen LogP) is 3.17. The summed E-state index contributed by atoms with van der Waals surface area (Å²) in [6, 6.07) is 11.0. The number of hydrogen-bond donors (Lipinski definition) is 0. The van der Waals surface area contributed by atoms with Gasteiger partial charge in [0, 0.05) is 55.4 Å². The number of fused-ring (bicyclic) bond motifs is 1. The number of benzene rings is 2. The summed E-state index contributed by atoms with van der Waals surface area (Å²) < 4.78 is 25.7. The number of nitrogens with zero attached hydrogens (tertiary/aromatic N) is 2. The summed E-state index contributed by atoms with van der Waals surface area (Å²) >= 11 is 5.12. The topological polar surface area (TPSA) is 40.6 Å². The summed E-state index contributed by atoms with van der Waals surface area (Å²) in [4.78, 5) is 3.88. The smallest absolute Gasteiger partial charge is 0.237 e. The SMILES string of the molecule is CN(C)C(=S)SS(=O)(=O)c1cccc2c(N(C)C)cccc12. The third kappa shape index (κ3) is 3.37. The van der Waals surface area contributed by atoms with Crippen LogP contribution in [0.4, 0.5) is 5.69 Å². The van der Waals surface area contributed by atoms with Crippen LogP contribution >= 0.6 is 23.0 Å². The van der Waals surface area contributed by atoms with Gasteiger partial charge in [-0.25, -0.2) is 8.42 Å². The van der Waals surface area contributed by atoms with Crippen LogP contribution in [0.15, 0.2) is 41.3 Å². The highest BCUT2D eigenvalue weighted by atomic mass is 33.1. The predicted molar refractivity (Wildman–Crippen MR) is 99.3 cm³/mol. The number of thiocarbonyl (C=S) groups is 1. The highest BCUT2D eigenvalue weighted by Gasteiger charge is 2.22. The van der Waals surface area contributed by atoms with Gasteiger partial charge in [-0.2, -0.15) is 0 Å². The van der Waals surface area contributed by atoms with E-state index in [0.29, 0.717) is 25.4 Å². The van der Waals surface area contributed by atoms with Crippen LogP contribution in [0.5, 0.6) is 0 Å². The third-order valence-electron chi connectivity index (χ3n) is 3.16. The Morgan fingerprint density at radius 2 is 1.59 bits per heavy atom. The third-order valence-corrected chi connectivity index (χ3v) is 7.38. The molecule has 0 saturated carbocycles. The molecule has 0 N–H and O–H groups in total. The molecule has 22 heavy (non-hydrogen) atoms. The molecule has 0 aliphatic carbocycles. The first-order valence-electron chi connectivity index (χ1n) is 6.59. The number of rotatable bonds is 3. The van der Waals surface area contributed by atoms with E-state index in [2.05, 4.69) is 0 Å². The van der Waals surface area contributed by atoms with E-state index < -0.39 is 8.87 Å². The molecule has 0 heterocycles. The molecule has 4 nitrogen and oxygen atoms in total. The Bertz CT molecular complexity index is 815. The molecular weight excluding hydrogens is 336 g/mol. The van der Waals surface area contributed by atoms with Crippen molar-refractivity contribution in [2.75, 3.05) is 33.1 Å². The molecule has 0 aliphatic rings. The maximum absolute atomic E-state index is 12.7. The van der Waals surface area contributed by atoms with Crippen LogP contribution in [-0.4, -0.2) is 45.8 Å². The van der Waals surface area contributed by atoms with Crippen molar-refractivity contribution < 1.29 is 8.42 Å². The normalized spacial score (nSPS) is 11.5. The van der Waals surface area contributed by atoms with E-state index in [1.807, 2.05) is 43.3 Å². The van der Waals surface area contributed by atoms with Gasteiger partial charge in [0.15, 0.2) is 4.32 Å². The zero-order chi connectivity index (χ0) is 16.5. The van der Waals surface area contributed by atoms with Gasteiger partial charge in [-0.15, -0.1) is 0 Å². The number of hydrogen-bond acceptors (Lipinski definition) is 5. The van der Waals surface area contributed by atoms with Crippen LogP contribution in [0.1, 0.15) is 0 Å². The van der Waals surface area contributed by atoms with Crippen molar-refractivity contribution in [3.8, 4) is 0 Å². The lowest BCUT2D eigenvalue weighted by molar-refractivity contribution is 0.611. The van der Waals surface area contributed by atoms with Crippen molar-refractivity contribution in [2.45, 2.75) is 4.90 Å². The maximum Gasteiger partial charge on any atom is 0.237 e. The minimum atomic E-state index is -3.56. The molecule has 118 valence electrons. The summed E-state index contributed by atoms with van der Waals surface area (Å²) in [7, 11) is 4.49. The maximum atomic E-state index is 12.7. The summed E-state index contributed by atoms with van der Waals surface area (Å²) in [5.41, 5.74) is 0.981. The molecule has 0 fully saturated rings. The van der Waals surface area contributed by atoms with Gasteiger partial charge in [0.25, 0.3) is 0 Å². The largest absolute Gasteiger partial charge is 0.377 e. The van der Waals surface area contributed by atoms with Gasteiger partial charge >= 0.3 is 0 Å². The van der Waals surface area contributed by atoms with Crippen LogP contribution < -0.4 is 4.90 Å². The van der Waals surface area contributed by atoms with E-state index >= 15 is 0 Å². The van der Waals surface area contributed by atoms with E-state index in [9.17, 15) is 8.42 Å². The molecule has 0 saturated heterocycles. The van der Waals surface area contributed by atoms with E-state index in [1.54, 1.807) is 31.1 Å².